The van der Waals surface area contributed by atoms with Gasteiger partial charge in [-0.3, -0.25) is 0 Å². The second-order valence-electron chi connectivity index (χ2n) is 5.23. The maximum atomic E-state index is 11.2. The Balaban J connectivity index is 1.66. The zero-order chi connectivity index (χ0) is 15.6. The van der Waals surface area contributed by atoms with Gasteiger partial charge in [0.1, 0.15) is 5.52 Å². The first-order valence-corrected chi connectivity index (χ1v) is 8.91. The third-order valence-corrected chi connectivity index (χ3v) is 4.05. The predicted molar refractivity (Wildman–Crippen MR) is 86.3 cm³/mol. The van der Waals surface area contributed by atoms with Crippen molar-refractivity contribution in [1.82, 2.24) is 4.98 Å². The van der Waals surface area contributed by atoms with E-state index in [0.29, 0.717) is 12.6 Å². The number of nitrogens with zero attached hydrogens (tertiary/aromatic N) is 1. The van der Waals surface area contributed by atoms with Gasteiger partial charge in [0.25, 0.3) is 6.01 Å². The third kappa shape index (κ3) is 3.65. The van der Waals surface area contributed by atoms with Crippen LogP contribution in [0.2, 0.25) is 0 Å². The summed E-state index contributed by atoms with van der Waals surface area (Å²) >= 11 is 0. The Labute approximate surface area is 128 Å². The Hall–Kier alpha value is -2.34. The Kier molecular flexibility index (Phi) is 3.85. The molecule has 6 heteroatoms. The first kappa shape index (κ1) is 14.6. The molecule has 0 saturated carbocycles. The van der Waals surface area contributed by atoms with Gasteiger partial charge in [0.2, 0.25) is 0 Å². The van der Waals surface area contributed by atoms with E-state index < -0.39 is 9.84 Å². The largest absolute Gasteiger partial charge is 0.424 e. The lowest BCUT2D eigenvalue weighted by atomic mass is 10.1. The van der Waals surface area contributed by atoms with Crippen molar-refractivity contribution in [2.24, 2.45) is 0 Å². The van der Waals surface area contributed by atoms with E-state index in [-0.39, 0.29) is 5.75 Å². The molecule has 0 bridgehead atoms. The number of rotatable bonds is 5. The predicted octanol–water partition coefficient (Wildman–Crippen LogP) is 2.98. The number of hydrogen-bond acceptors (Lipinski definition) is 5. The molecule has 0 spiro atoms. The number of aromatic nitrogens is 1. The number of anilines is 1. The maximum absolute atomic E-state index is 11.2. The zero-order valence-corrected chi connectivity index (χ0v) is 12.9. The van der Waals surface area contributed by atoms with Gasteiger partial charge >= 0.3 is 0 Å². The third-order valence-electron chi connectivity index (χ3n) is 3.19. The molecule has 0 aliphatic carbocycles. The van der Waals surface area contributed by atoms with Gasteiger partial charge in [0.05, 0.1) is 5.75 Å². The van der Waals surface area contributed by atoms with Crippen LogP contribution in [-0.4, -0.2) is 19.7 Å². The van der Waals surface area contributed by atoms with E-state index in [9.17, 15) is 8.42 Å². The molecule has 0 amide bonds. The summed E-state index contributed by atoms with van der Waals surface area (Å²) in [7, 11) is -3.00. The van der Waals surface area contributed by atoms with Gasteiger partial charge in [-0.05, 0) is 23.3 Å². The minimum absolute atomic E-state index is 0.0613. The van der Waals surface area contributed by atoms with Crippen molar-refractivity contribution < 1.29 is 12.8 Å². The Bertz CT molecular complexity index is 850. The molecule has 0 unspecified atom stereocenters. The number of hydrogen-bond donors (Lipinski definition) is 1. The van der Waals surface area contributed by atoms with Crippen molar-refractivity contribution in [3.8, 4) is 0 Å². The molecule has 3 aromatic rings. The van der Waals surface area contributed by atoms with Crippen LogP contribution in [0, 0.1) is 0 Å². The first-order valence-electron chi connectivity index (χ1n) is 6.85. The lowest BCUT2D eigenvalue weighted by Gasteiger charge is -2.04. The summed E-state index contributed by atoms with van der Waals surface area (Å²) in [5, 5.41) is 3.12. The van der Waals surface area contributed by atoms with Gasteiger partial charge in [0, 0.05) is 12.8 Å². The average Bonchev–Trinajstić information content (AvgIpc) is 2.88. The summed E-state index contributed by atoms with van der Waals surface area (Å²) in [6.45, 7) is 0.561. The average molecular weight is 316 g/mol. The van der Waals surface area contributed by atoms with Crippen molar-refractivity contribution in [1.29, 1.82) is 0 Å². The summed E-state index contributed by atoms with van der Waals surface area (Å²) in [5.41, 5.74) is 3.37. The van der Waals surface area contributed by atoms with E-state index in [1.807, 2.05) is 48.5 Å². The number of para-hydroxylation sites is 2. The van der Waals surface area contributed by atoms with Gasteiger partial charge in [-0.15, -0.1) is 0 Å². The maximum Gasteiger partial charge on any atom is 0.295 e. The molecule has 3 rings (SSSR count). The van der Waals surface area contributed by atoms with E-state index in [1.54, 1.807) is 0 Å². The van der Waals surface area contributed by atoms with E-state index in [2.05, 4.69) is 10.3 Å². The number of benzene rings is 2. The highest BCUT2D eigenvalue weighted by Crippen LogP contribution is 2.18. The van der Waals surface area contributed by atoms with E-state index in [1.165, 1.54) is 6.26 Å². The van der Waals surface area contributed by atoms with E-state index >= 15 is 0 Å². The molecular weight excluding hydrogens is 300 g/mol. The number of sulfone groups is 1. The summed E-state index contributed by atoms with van der Waals surface area (Å²) in [6, 6.07) is 15.5. The molecule has 0 aliphatic rings. The smallest absolute Gasteiger partial charge is 0.295 e. The first-order chi connectivity index (χ1) is 10.5. The van der Waals surface area contributed by atoms with Crippen LogP contribution in [0.3, 0.4) is 0 Å². The molecule has 1 N–H and O–H groups in total. The number of nitrogens with one attached hydrogen (secondary N) is 1. The second kappa shape index (κ2) is 5.81. The molecule has 0 aliphatic heterocycles. The van der Waals surface area contributed by atoms with Crippen LogP contribution in [0.15, 0.2) is 52.9 Å². The van der Waals surface area contributed by atoms with E-state index in [0.717, 1.165) is 22.2 Å². The van der Waals surface area contributed by atoms with Gasteiger partial charge < -0.3 is 9.73 Å². The van der Waals surface area contributed by atoms with Gasteiger partial charge in [-0.1, -0.05) is 36.4 Å². The Morgan fingerprint density at radius 3 is 2.41 bits per heavy atom. The van der Waals surface area contributed by atoms with Crippen LogP contribution in [0.1, 0.15) is 11.1 Å². The van der Waals surface area contributed by atoms with Gasteiger partial charge in [-0.25, -0.2) is 8.42 Å². The lowest BCUT2D eigenvalue weighted by Crippen LogP contribution is -2.02. The van der Waals surface area contributed by atoms with Crippen molar-refractivity contribution in [2.45, 2.75) is 12.3 Å². The van der Waals surface area contributed by atoms with Crippen LogP contribution in [0.25, 0.3) is 11.1 Å². The molecule has 0 radical (unpaired) electrons. The highest BCUT2D eigenvalue weighted by atomic mass is 32.2. The van der Waals surface area contributed by atoms with Crippen LogP contribution < -0.4 is 5.32 Å². The quantitative estimate of drug-likeness (QED) is 0.783. The van der Waals surface area contributed by atoms with Gasteiger partial charge in [-0.2, -0.15) is 4.98 Å². The monoisotopic (exact) mass is 316 g/mol. The molecule has 22 heavy (non-hydrogen) atoms. The fraction of sp³-hybridized carbons (Fsp3) is 0.188. The lowest BCUT2D eigenvalue weighted by molar-refractivity contribution is 0.601. The summed E-state index contributed by atoms with van der Waals surface area (Å²) < 4.78 is 28.1. The zero-order valence-electron chi connectivity index (χ0n) is 12.1. The molecule has 114 valence electrons. The number of fused-ring (bicyclic) bond motifs is 1. The Morgan fingerprint density at radius 2 is 1.73 bits per heavy atom. The highest BCUT2D eigenvalue weighted by molar-refractivity contribution is 7.89. The summed E-state index contributed by atoms with van der Waals surface area (Å²) in [4.78, 5) is 4.34. The molecule has 2 aromatic carbocycles. The summed E-state index contributed by atoms with van der Waals surface area (Å²) in [6.07, 6.45) is 1.23. The minimum atomic E-state index is -3.00. The summed E-state index contributed by atoms with van der Waals surface area (Å²) in [5.74, 6) is 0.0613. The molecule has 1 aromatic heterocycles. The van der Waals surface area contributed by atoms with Crippen molar-refractivity contribution >= 4 is 27.0 Å². The fourth-order valence-corrected chi connectivity index (χ4v) is 2.98. The van der Waals surface area contributed by atoms with E-state index in [4.69, 9.17) is 4.42 Å². The second-order valence-corrected chi connectivity index (χ2v) is 7.37. The van der Waals surface area contributed by atoms with Crippen molar-refractivity contribution in [3.05, 3.63) is 59.7 Å². The van der Waals surface area contributed by atoms with Crippen LogP contribution in [0.4, 0.5) is 6.01 Å². The van der Waals surface area contributed by atoms with Crippen molar-refractivity contribution in [3.63, 3.8) is 0 Å². The topological polar surface area (TPSA) is 72.2 Å². The standard InChI is InChI=1S/C16H16N2O3S/c1-22(19,20)11-13-8-6-12(7-9-13)10-17-16-18-14-4-2-3-5-15(14)21-16/h2-9H,10-11H2,1H3,(H,17,18). The molecule has 0 saturated heterocycles. The van der Waals surface area contributed by atoms with Gasteiger partial charge in [0.15, 0.2) is 15.4 Å². The molecule has 5 nitrogen and oxygen atoms in total. The molecule has 0 fully saturated rings. The van der Waals surface area contributed by atoms with Crippen molar-refractivity contribution in [2.75, 3.05) is 11.6 Å². The molecule has 1 heterocycles. The van der Waals surface area contributed by atoms with Crippen LogP contribution in [0.5, 0.6) is 0 Å². The normalized spacial score (nSPS) is 11.7. The Morgan fingerprint density at radius 1 is 1.05 bits per heavy atom. The molecule has 0 atom stereocenters. The molecular formula is C16H16N2O3S. The highest BCUT2D eigenvalue weighted by Gasteiger charge is 2.06. The van der Waals surface area contributed by atoms with Crippen LogP contribution in [-0.2, 0) is 22.1 Å². The minimum Gasteiger partial charge on any atom is -0.424 e. The SMILES string of the molecule is CS(=O)(=O)Cc1ccc(CNc2nc3ccccc3o2)cc1. The fourth-order valence-electron chi connectivity index (χ4n) is 2.18. The number of oxazole rings is 1. The van der Waals surface area contributed by atoms with Crippen LogP contribution >= 0.6 is 0 Å².